The number of thioether (sulfide) groups is 1. The van der Waals surface area contributed by atoms with E-state index in [-0.39, 0.29) is 5.91 Å². The molecule has 0 saturated carbocycles. The summed E-state index contributed by atoms with van der Waals surface area (Å²) in [5, 5.41) is 4.24. The Morgan fingerprint density at radius 3 is 2.57 bits per heavy atom. The monoisotopic (exact) mass is 658 g/mol. The third-order valence-electron chi connectivity index (χ3n) is 4.73. The normalized spacial score (nSPS) is 15.5. The van der Waals surface area contributed by atoms with E-state index in [1.165, 1.54) is 11.8 Å². The van der Waals surface area contributed by atoms with Gasteiger partial charge in [0.25, 0.3) is 5.91 Å². The summed E-state index contributed by atoms with van der Waals surface area (Å²) in [4.78, 5) is 17.4. The summed E-state index contributed by atoms with van der Waals surface area (Å²) in [5.41, 5.74) is 2.18. The number of nitrogens with one attached hydrogen (secondary N) is 1. The first-order valence-electron chi connectivity index (χ1n) is 10.4. The van der Waals surface area contributed by atoms with Crippen LogP contribution >= 0.6 is 69.2 Å². The minimum atomic E-state index is -0.278. The predicted octanol–water partition coefficient (Wildman–Crippen LogP) is 8.12. The van der Waals surface area contributed by atoms with E-state index in [4.69, 9.17) is 44.3 Å². The van der Waals surface area contributed by atoms with Gasteiger partial charge in [-0.15, -0.1) is 0 Å². The largest absolute Gasteiger partial charge is 0.490 e. The van der Waals surface area contributed by atoms with Crippen molar-refractivity contribution in [2.45, 2.75) is 13.5 Å². The molecule has 4 rings (SSSR count). The molecule has 1 saturated heterocycles. The van der Waals surface area contributed by atoms with E-state index in [9.17, 15) is 4.79 Å². The van der Waals surface area contributed by atoms with Crippen LogP contribution in [0.25, 0.3) is 6.08 Å². The standard InChI is InChI=1S/C25H18Cl3IN2O3S/c1-2-33-20-11-15(10-18(27)23(20)34-13-14-6-8-16(29)9-7-14)12-21-24(32)31-25(35-21)30-19-5-3-4-17(26)22(19)28/h3-12H,2,13H2,1H3,(H,30,31,32)/b21-12+. The fourth-order valence-corrected chi connectivity index (χ4v) is 4.94. The van der Waals surface area contributed by atoms with Gasteiger partial charge in [0.1, 0.15) is 6.61 Å². The van der Waals surface area contributed by atoms with Gasteiger partial charge in [0.15, 0.2) is 16.7 Å². The second-order valence-corrected chi connectivity index (χ2v) is 10.7. The minimum Gasteiger partial charge on any atom is -0.490 e. The third-order valence-corrected chi connectivity index (χ3v) is 7.45. The fourth-order valence-electron chi connectivity index (χ4n) is 3.13. The zero-order chi connectivity index (χ0) is 24.9. The Hall–Kier alpha value is -1.91. The molecule has 0 unspecified atom stereocenters. The average molecular weight is 660 g/mol. The topological polar surface area (TPSA) is 59.9 Å². The van der Waals surface area contributed by atoms with Gasteiger partial charge >= 0.3 is 0 Å². The summed E-state index contributed by atoms with van der Waals surface area (Å²) in [7, 11) is 0. The summed E-state index contributed by atoms with van der Waals surface area (Å²) in [6, 6.07) is 16.7. The van der Waals surface area contributed by atoms with Crippen LogP contribution in [0.1, 0.15) is 18.1 Å². The Balaban J connectivity index is 1.56. The number of amides is 1. The van der Waals surface area contributed by atoms with E-state index < -0.39 is 0 Å². The molecule has 0 aliphatic carbocycles. The molecule has 1 N–H and O–H groups in total. The maximum Gasteiger partial charge on any atom is 0.264 e. The Labute approximate surface area is 236 Å². The van der Waals surface area contributed by atoms with Crippen molar-refractivity contribution < 1.29 is 14.3 Å². The molecule has 180 valence electrons. The van der Waals surface area contributed by atoms with E-state index in [0.29, 0.717) is 61.1 Å². The second kappa shape index (κ2) is 11.9. The molecule has 1 heterocycles. The van der Waals surface area contributed by atoms with Gasteiger partial charge < -0.3 is 14.8 Å². The van der Waals surface area contributed by atoms with Crippen molar-refractivity contribution in [2.24, 2.45) is 4.99 Å². The van der Waals surface area contributed by atoms with E-state index in [0.717, 1.165) is 9.13 Å². The molecule has 1 fully saturated rings. The Morgan fingerprint density at radius 1 is 1.06 bits per heavy atom. The molecule has 3 aromatic rings. The van der Waals surface area contributed by atoms with Crippen LogP contribution in [0.15, 0.2) is 64.5 Å². The molecule has 0 spiro atoms. The number of carbonyl (C=O) groups is 1. The van der Waals surface area contributed by atoms with E-state index >= 15 is 0 Å². The molecule has 0 bridgehead atoms. The van der Waals surface area contributed by atoms with Gasteiger partial charge in [0, 0.05) is 3.57 Å². The molecule has 10 heteroatoms. The number of ether oxygens (including phenoxy) is 2. The lowest BCUT2D eigenvalue weighted by Crippen LogP contribution is -2.19. The van der Waals surface area contributed by atoms with Crippen molar-refractivity contribution in [3.8, 4) is 11.5 Å². The Morgan fingerprint density at radius 2 is 1.83 bits per heavy atom. The van der Waals surface area contributed by atoms with Crippen molar-refractivity contribution >= 4 is 92.0 Å². The zero-order valence-electron chi connectivity index (χ0n) is 18.3. The molecule has 0 atom stereocenters. The number of hydrogen-bond acceptors (Lipinski definition) is 5. The van der Waals surface area contributed by atoms with Crippen LogP contribution in [0.3, 0.4) is 0 Å². The SMILES string of the molecule is CCOc1cc(/C=C2/SC(=Nc3cccc(Cl)c3Cl)NC2=O)cc(Cl)c1OCc1ccc(I)cc1. The Bertz CT molecular complexity index is 1330. The van der Waals surface area contributed by atoms with Crippen LogP contribution in [0.2, 0.25) is 15.1 Å². The van der Waals surface area contributed by atoms with Crippen molar-refractivity contribution in [3.05, 3.63) is 89.3 Å². The number of benzene rings is 3. The molecule has 1 amide bonds. The van der Waals surface area contributed by atoms with Gasteiger partial charge in [-0.1, -0.05) is 53.0 Å². The highest BCUT2D eigenvalue weighted by Gasteiger charge is 2.25. The number of nitrogens with zero attached hydrogens (tertiary/aromatic N) is 1. The average Bonchev–Trinajstić information content (AvgIpc) is 3.16. The van der Waals surface area contributed by atoms with Gasteiger partial charge in [0.2, 0.25) is 0 Å². The summed E-state index contributed by atoms with van der Waals surface area (Å²) in [6.07, 6.45) is 1.72. The Kier molecular flexibility index (Phi) is 8.88. The molecular weight excluding hydrogens is 642 g/mol. The number of rotatable bonds is 7. The number of halogens is 4. The lowest BCUT2D eigenvalue weighted by atomic mass is 10.1. The first-order chi connectivity index (χ1) is 16.8. The molecule has 0 radical (unpaired) electrons. The van der Waals surface area contributed by atoms with Gasteiger partial charge in [0.05, 0.1) is 32.3 Å². The van der Waals surface area contributed by atoms with E-state index in [1.54, 1.807) is 36.4 Å². The first kappa shape index (κ1) is 26.2. The maximum absolute atomic E-state index is 12.5. The third kappa shape index (κ3) is 6.65. The van der Waals surface area contributed by atoms with Crippen molar-refractivity contribution in [1.82, 2.24) is 5.32 Å². The van der Waals surface area contributed by atoms with Gasteiger partial charge in [-0.2, -0.15) is 0 Å². The smallest absolute Gasteiger partial charge is 0.264 e. The van der Waals surface area contributed by atoms with Crippen molar-refractivity contribution in [1.29, 1.82) is 0 Å². The second-order valence-electron chi connectivity index (χ2n) is 7.23. The van der Waals surface area contributed by atoms with Crippen LogP contribution in [0.4, 0.5) is 5.69 Å². The summed E-state index contributed by atoms with van der Waals surface area (Å²) >= 11 is 22.3. The van der Waals surface area contributed by atoms with Crippen LogP contribution in [-0.2, 0) is 11.4 Å². The lowest BCUT2D eigenvalue weighted by molar-refractivity contribution is -0.115. The van der Waals surface area contributed by atoms with E-state index in [1.807, 2.05) is 31.2 Å². The molecular formula is C25H18Cl3IN2O3S. The molecule has 1 aliphatic heterocycles. The highest BCUT2D eigenvalue weighted by atomic mass is 127. The maximum atomic E-state index is 12.5. The van der Waals surface area contributed by atoms with Crippen molar-refractivity contribution in [2.75, 3.05) is 6.61 Å². The fraction of sp³-hybridized carbons (Fsp3) is 0.120. The molecule has 3 aromatic carbocycles. The summed E-state index contributed by atoms with van der Waals surface area (Å²) in [5.74, 6) is 0.677. The number of amidine groups is 1. The number of aliphatic imine (C=N–C) groups is 1. The highest BCUT2D eigenvalue weighted by molar-refractivity contribution is 14.1. The van der Waals surface area contributed by atoms with Gasteiger partial charge in [-0.3, -0.25) is 4.79 Å². The zero-order valence-corrected chi connectivity index (χ0v) is 23.5. The number of carbonyl (C=O) groups excluding carboxylic acids is 1. The first-order valence-corrected chi connectivity index (χ1v) is 13.4. The van der Waals surface area contributed by atoms with Crippen molar-refractivity contribution in [3.63, 3.8) is 0 Å². The van der Waals surface area contributed by atoms with Crippen LogP contribution < -0.4 is 14.8 Å². The molecule has 1 aliphatic rings. The van der Waals surface area contributed by atoms with Crippen LogP contribution in [-0.4, -0.2) is 17.7 Å². The summed E-state index contributed by atoms with van der Waals surface area (Å²) < 4.78 is 12.9. The predicted molar refractivity (Wildman–Crippen MR) is 153 cm³/mol. The molecule has 0 aromatic heterocycles. The number of hydrogen-bond donors (Lipinski definition) is 1. The van der Waals surface area contributed by atoms with Crippen LogP contribution in [0.5, 0.6) is 11.5 Å². The quantitative estimate of drug-likeness (QED) is 0.206. The minimum absolute atomic E-state index is 0.278. The summed E-state index contributed by atoms with van der Waals surface area (Å²) in [6.45, 7) is 2.66. The molecule has 35 heavy (non-hydrogen) atoms. The van der Waals surface area contributed by atoms with E-state index in [2.05, 4.69) is 32.9 Å². The van der Waals surface area contributed by atoms with Gasteiger partial charge in [-0.05, 0) is 94.9 Å². The van der Waals surface area contributed by atoms with Gasteiger partial charge in [-0.25, -0.2) is 4.99 Å². The lowest BCUT2D eigenvalue weighted by Gasteiger charge is -2.15. The highest BCUT2D eigenvalue weighted by Crippen LogP contribution is 2.39. The van der Waals surface area contributed by atoms with Crippen LogP contribution in [0, 0.1) is 3.57 Å². The molecule has 5 nitrogen and oxygen atoms in total.